The van der Waals surface area contributed by atoms with Crippen LogP contribution in [0.4, 0.5) is 22.7 Å². The molecule has 0 bridgehead atoms. The van der Waals surface area contributed by atoms with E-state index in [1.807, 2.05) is 24.3 Å². The maximum absolute atomic E-state index is 10.7. The van der Waals surface area contributed by atoms with Gasteiger partial charge in [0, 0.05) is 52.7 Å². The highest BCUT2D eigenvalue weighted by Crippen LogP contribution is 2.29. The van der Waals surface area contributed by atoms with Crippen molar-refractivity contribution in [3.63, 3.8) is 0 Å². The Kier molecular flexibility index (Phi) is 10.9. The summed E-state index contributed by atoms with van der Waals surface area (Å²) in [5.74, 6) is 0. The molecule has 1 aromatic heterocycles. The van der Waals surface area contributed by atoms with Gasteiger partial charge in [-0.1, -0.05) is 87.8 Å². The van der Waals surface area contributed by atoms with Crippen molar-refractivity contribution >= 4 is 44.6 Å². The van der Waals surface area contributed by atoms with Gasteiger partial charge in [-0.2, -0.15) is 10.2 Å². The maximum Gasteiger partial charge on any atom is 0.269 e. The largest absolute Gasteiger partial charge is 0.385 e. The molecule has 222 valence electrons. The first kappa shape index (κ1) is 30.0. The third kappa shape index (κ3) is 8.51. The topological polar surface area (TPSA) is 84.8 Å². The molecule has 0 saturated carbocycles. The number of nitrogens with one attached hydrogen (secondary N) is 1. The molecule has 0 aliphatic carbocycles. The second-order valence-electron chi connectivity index (χ2n) is 11.2. The normalized spacial score (nSPS) is 11.5. The molecular weight excluding hydrogens is 534 g/mol. The Morgan fingerprint density at radius 2 is 1.05 bits per heavy atom. The fourth-order valence-electron chi connectivity index (χ4n) is 5.69. The molecule has 5 rings (SSSR count). The first-order valence-corrected chi connectivity index (χ1v) is 15.7. The van der Waals surface area contributed by atoms with E-state index in [0.717, 1.165) is 24.5 Å². The van der Waals surface area contributed by atoms with Crippen molar-refractivity contribution < 1.29 is 4.92 Å². The number of nitro benzene ring substituents is 1. The maximum atomic E-state index is 10.7. The molecule has 0 saturated heterocycles. The Morgan fingerprint density at radius 3 is 1.58 bits per heavy atom. The van der Waals surface area contributed by atoms with Gasteiger partial charge in [0.1, 0.15) is 0 Å². The van der Waals surface area contributed by atoms with Crippen LogP contribution < -0.4 is 5.32 Å². The standard InChI is InChI=1S/C36H41N5O2/c42-41(43)32-25-23-31(24-26-32)39-38-30-21-19-29(20-22-30)37-27-13-7-5-3-1-2-4-6-8-14-28-40-35-17-11-9-15-33(35)34-16-10-12-18-36(34)40/h9-12,15-26,37H,1-8,13-14,27-28H2. The molecule has 1 heterocycles. The van der Waals surface area contributed by atoms with Crippen LogP contribution in [0.5, 0.6) is 0 Å². The molecular formula is C36H41N5O2. The van der Waals surface area contributed by atoms with Crippen LogP contribution in [0.15, 0.2) is 107 Å². The number of azo groups is 1. The van der Waals surface area contributed by atoms with Gasteiger partial charge in [0.2, 0.25) is 0 Å². The Hall–Kier alpha value is -4.52. The van der Waals surface area contributed by atoms with Crippen LogP contribution in [0.1, 0.15) is 64.2 Å². The average molecular weight is 576 g/mol. The summed E-state index contributed by atoms with van der Waals surface area (Å²) in [6.07, 6.45) is 13.0. The van der Waals surface area contributed by atoms with Gasteiger partial charge in [0.05, 0.1) is 16.3 Å². The Balaban J connectivity index is 0.882. The highest BCUT2D eigenvalue weighted by molar-refractivity contribution is 6.07. The van der Waals surface area contributed by atoms with Gasteiger partial charge >= 0.3 is 0 Å². The minimum absolute atomic E-state index is 0.0447. The predicted molar refractivity (Wildman–Crippen MR) is 178 cm³/mol. The van der Waals surface area contributed by atoms with E-state index in [4.69, 9.17) is 0 Å². The van der Waals surface area contributed by atoms with Crippen LogP contribution in [0, 0.1) is 10.1 Å². The fraction of sp³-hybridized carbons (Fsp3) is 0.333. The fourth-order valence-corrected chi connectivity index (χ4v) is 5.69. The van der Waals surface area contributed by atoms with E-state index in [0.29, 0.717) is 5.69 Å². The van der Waals surface area contributed by atoms with E-state index in [1.54, 1.807) is 12.1 Å². The highest BCUT2D eigenvalue weighted by Gasteiger charge is 2.09. The number of hydrogen-bond acceptors (Lipinski definition) is 5. The molecule has 0 atom stereocenters. The number of para-hydroxylation sites is 2. The van der Waals surface area contributed by atoms with Crippen molar-refractivity contribution in [1.82, 2.24) is 4.57 Å². The number of nitrogens with zero attached hydrogens (tertiary/aromatic N) is 4. The van der Waals surface area contributed by atoms with Gasteiger partial charge in [0.15, 0.2) is 0 Å². The molecule has 5 aromatic rings. The zero-order chi connectivity index (χ0) is 29.7. The molecule has 0 aliphatic heterocycles. The van der Waals surface area contributed by atoms with Gasteiger partial charge in [-0.3, -0.25) is 10.1 Å². The first-order chi connectivity index (χ1) is 21.2. The number of unbranched alkanes of at least 4 members (excludes halogenated alkanes) is 9. The molecule has 0 spiro atoms. The van der Waals surface area contributed by atoms with Crippen LogP contribution in [0.2, 0.25) is 0 Å². The van der Waals surface area contributed by atoms with Crippen LogP contribution >= 0.6 is 0 Å². The molecule has 0 unspecified atom stereocenters. The average Bonchev–Trinajstić information content (AvgIpc) is 3.36. The first-order valence-electron chi connectivity index (χ1n) is 15.7. The monoisotopic (exact) mass is 575 g/mol. The van der Waals surface area contributed by atoms with E-state index in [2.05, 4.69) is 68.6 Å². The van der Waals surface area contributed by atoms with Crippen molar-refractivity contribution in [2.75, 3.05) is 11.9 Å². The number of aromatic nitrogens is 1. The number of rotatable bonds is 17. The summed E-state index contributed by atoms with van der Waals surface area (Å²) in [5, 5.41) is 25.3. The highest BCUT2D eigenvalue weighted by atomic mass is 16.6. The van der Waals surface area contributed by atoms with E-state index < -0.39 is 4.92 Å². The van der Waals surface area contributed by atoms with Crippen LogP contribution in [-0.2, 0) is 6.54 Å². The van der Waals surface area contributed by atoms with E-state index in [9.17, 15) is 10.1 Å². The van der Waals surface area contributed by atoms with Crippen molar-refractivity contribution in [3.05, 3.63) is 107 Å². The molecule has 7 nitrogen and oxygen atoms in total. The van der Waals surface area contributed by atoms with Crippen LogP contribution in [0.3, 0.4) is 0 Å². The molecule has 4 aromatic carbocycles. The zero-order valence-electron chi connectivity index (χ0n) is 24.8. The van der Waals surface area contributed by atoms with Gasteiger partial charge < -0.3 is 9.88 Å². The summed E-state index contributed by atoms with van der Waals surface area (Å²) in [6, 6.07) is 31.5. The summed E-state index contributed by atoms with van der Waals surface area (Å²) in [7, 11) is 0. The lowest BCUT2D eigenvalue weighted by Crippen LogP contribution is -2.00. The SMILES string of the molecule is O=[N+]([O-])c1ccc(N=Nc2ccc(NCCCCCCCCCCCCn3c4ccccc4c4ccccc43)cc2)cc1. The van der Waals surface area contributed by atoms with Gasteiger partial charge in [-0.15, -0.1) is 0 Å². The lowest BCUT2D eigenvalue weighted by Gasteiger charge is -2.08. The van der Waals surface area contributed by atoms with Gasteiger partial charge in [-0.25, -0.2) is 0 Å². The minimum atomic E-state index is -0.426. The van der Waals surface area contributed by atoms with E-state index >= 15 is 0 Å². The number of nitro groups is 1. The van der Waals surface area contributed by atoms with Crippen molar-refractivity contribution in [3.8, 4) is 0 Å². The van der Waals surface area contributed by atoms with E-state index in [-0.39, 0.29) is 5.69 Å². The summed E-state index contributed by atoms with van der Waals surface area (Å²) in [4.78, 5) is 10.3. The lowest BCUT2D eigenvalue weighted by molar-refractivity contribution is -0.384. The second-order valence-corrected chi connectivity index (χ2v) is 11.2. The number of aryl methyl sites for hydroxylation is 1. The molecule has 0 radical (unpaired) electrons. The number of benzene rings is 4. The van der Waals surface area contributed by atoms with Crippen LogP contribution in [0.25, 0.3) is 21.8 Å². The molecule has 43 heavy (non-hydrogen) atoms. The summed E-state index contributed by atoms with van der Waals surface area (Å²) >= 11 is 0. The van der Waals surface area contributed by atoms with Crippen LogP contribution in [-0.4, -0.2) is 16.0 Å². The minimum Gasteiger partial charge on any atom is -0.385 e. The third-order valence-corrected chi connectivity index (χ3v) is 8.03. The smallest absolute Gasteiger partial charge is 0.269 e. The molecule has 0 amide bonds. The molecule has 0 aliphatic rings. The predicted octanol–water partition coefficient (Wildman–Crippen LogP) is 11.1. The van der Waals surface area contributed by atoms with Gasteiger partial charge in [-0.05, 0) is 61.4 Å². The third-order valence-electron chi connectivity index (χ3n) is 8.03. The Morgan fingerprint density at radius 1 is 0.581 bits per heavy atom. The lowest BCUT2D eigenvalue weighted by atomic mass is 10.1. The van der Waals surface area contributed by atoms with E-state index in [1.165, 1.54) is 98.1 Å². The summed E-state index contributed by atoms with van der Waals surface area (Å²) in [5.41, 5.74) is 5.16. The van der Waals surface area contributed by atoms with Crippen molar-refractivity contribution in [1.29, 1.82) is 0 Å². The number of fused-ring (bicyclic) bond motifs is 3. The number of hydrogen-bond donors (Lipinski definition) is 1. The Labute approximate surface area is 253 Å². The molecule has 0 fully saturated rings. The Bertz CT molecular complexity index is 1570. The van der Waals surface area contributed by atoms with Crippen molar-refractivity contribution in [2.45, 2.75) is 70.8 Å². The second kappa shape index (κ2) is 15.6. The summed E-state index contributed by atoms with van der Waals surface area (Å²) in [6.45, 7) is 2.07. The van der Waals surface area contributed by atoms with Crippen molar-refractivity contribution in [2.24, 2.45) is 10.2 Å². The number of non-ortho nitro benzene ring substituents is 1. The molecule has 1 N–H and O–H groups in total. The quantitative estimate of drug-likeness (QED) is 0.0518. The molecule has 7 heteroatoms. The van der Waals surface area contributed by atoms with Gasteiger partial charge in [0.25, 0.3) is 5.69 Å². The summed E-state index contributed by atoms with van der Waals surface area (Å²) < 4.78 is 2.51. The zero-order valence-corrected chi connectivity index (χ0v) is 24.8. The number of anilines is 1.